The summed E-state index contributed by atoms with van der Waals surface area (Å²) in [6.07, 6.45) is 3.82. The van der Waals surface area contributed by atoms with Crippen molar-refractivity contribution >= 4 is 33.3 Å². The molecule has 0 fully saturated rings. The average molecular weight is 402 g/mol. The van der Waals surface area contributed by atoms with Crippen molar-refractivity contribution in [3.05, 3.63) is 120 Å². The second kappa shape index (κ2) is 7.93. The minimum absolute atomic E-state index is 0.311. The summed E-state index contributed by atoms with van der Waals surface area (Å²) in [6.45, 7) is 0.706. The van der Waals surface area contributed by atoms with Crippen LogP contribution in [0.4, 0.5) is 4.39 Å². The van der Waals surface area contributed by atoms with Crippen LogP contribution in [0.3, 0.4) is 0 Å². The Balaban J connectivity index is 1.64. The van der Waals surface area contributed by atoms with Gasteiger partial charge in [-0.25, -0.2) is 4.39 Å². The summed E-state index contributed by atoms with van der Waals surface area (Å²) in [5.74, 6) is -0.394. The van der Waals surface area contributed by atoms with E-state index in [0.29, 0.717) is 17.7 Å². The van der Waals surface area contributed by atoms with Crippen molar-refractivity contribution in [1.82, 2.24) is 4.57 Å². The van der Waals surface area contributed by atoms with Gasteiger partial charge >= 0.3 is 0 Å². The normalized spacial score (nSPS) is 11.7. The molecule has 0 aliphatic rings. The summed E-state index contributed by atoms with van der Waals surface area (Å²) in [7, 11) is 0. The predicted molar refractivity (Wildman–Crippen MR) is 125 cm³/mol. The number of aromatic nitrogens is 1. The molecule has 148 valence electrons. The SMILES string of the molecule is N#CC(=Cc1cn(Cc2cccc3ccccc23)c2ccccc12)c1ccccc1F. The van der Waals surface area contributed by atoms with Gasteiger partial charge in [-0.05, 0) is 34.5 Å². The third-order valence-electron chi connectivity index (χ3n) is 5.62. The zero-order valence-electron chi connectivity index (χ0n) is 16.8. The van der Waals surface area contributed by atoms with Gasteiger partial charge in [-0.1, -0.05) is 78.9 Å². The van der Waals surface area contributed by atoms with Gasteiger partial charge in [0.05, 0.1) is 11.6 Å². The Bertz CT molecular complexity index is 1480. The monoisotopic (exact) mass is 402 g/mol. The molecule has 0 amide bonds. The van der Waals surface area contributed by atoms with Crippen molar-refractivity contribution < 1.29 is 4.39 Å². The maximum atomic E-state index is 14.3. The summed E-state index contributed by atoms with van der Waals surface area (Å²) in [5, 5.41) is 13.2. The number of fused-ring (bicyclic) bond motifs is 2. The van der Waals surface area contributed by atoms with Crippen LogP contribution in [0, 0.1) is 17.1 Å². The van der Waals surface area contributed by atoms with E-state index in [2.05, 4.69) is 53.1 Å². The van der Waals surface area contributed by atoms with Crippen LogP contribution in [-0.4, -0.2) is 4.57 Å². The first-order valence-electron chi connectivity index (χ1n) is 10.2. The number of hydrogen-bond donors (Lipinski definition) is 0. The number of benzene rings is 4. The van der Waals surface area contributed by atoms with Crippen LogP contribution in [0.1, 0.15) is 16.7 Å². The van der Waals surface area contributed by atoms with E-state index in [0.717, 1.165) is 16.5 Å². The molecule has 0 saturated carbocycles. The van der Waals surface area contributed by atoms with Gasteiger partial charge in [0.2, 0.25) is 0 Å². The largest absolute Gasteiger partial charge is 0.342 e. The van der Waals surface area contributed by atoms with E-state index in [-0.39, 0.29) is 0 Å². The molecule has 5 rings (SSSR count). The number of rotatable bonds is 4. The molecule has 0 aliphatic heterocycles. The van der Waals surface area contributed by atoms with Gasteiger partial charge in [-0.15, -0.1) is 0 Å². The molecular weight excluding hydrogens is 383 g/mol. The highest BCUT2D eigenvalue weighted by atomic mass is 19.1. The molecule has 0 saturated heterocycles. The molecule has 1 heterocycles. The van der Waals surface area contributed by atoms with Crippen molar-refractivity contribution in [2.75, 3.05) is 0 Å². The maximum absolute atomic E-state index is 14.3. The zero-order valence-corrected chi connectivity index (χ0v) is 16.8. The molecule has 1 aromatic heterocycles. The lowest BCUT2D eigenvalue weighted by molar-refractivity contribution is 0.624. The van der Waals surface area contributed by atoms with Crippen LogP contribution in [0.2, 0.25) is 0 Å². The van der Waals surface area contributed by atoms with Crippen molar-refractivity contribution in [1.29, 1.82) is 5.26 Å². The Kier molecular flexibility index (Phi) is 4.82. The molecule has 0 unspecified atom stereocenters. The third-order valence-corrected chi connectivity index (χ3v) is 5.62. The van der Waals surface area contributed by atoms with Gasteiger partial charge in [-0.3, -0.25) is 0 Å². The quantitative estimate of drug-likeness (QED) is 0.296. The Morgan fingerprint density at radius 2 is 1.55 bits per heavy atom. The number of nitriles is 1. The summed E-state index contributed by atoms with van der Waals surface area (Å²) in [5.41, 5.74) is 3.83. The van der Waals surface area contributed by atoms with Crippen LogP contribution in [0.25, 0.3) is 33.3 Å². The molecule has 5 aromatic rings. The summed E-state index contributed by atoms with van der Waals surface area (Å²) >= 11 is 0. The first-order valence-corrected chi connectivity index (χ1v) is 10.2. The van der Waals surface area contributed by atoms with Gasteiger partial charge in [0.15, 0.2) is 0 Å². The molecule has 0 atom stereocenters. The minimum Gasteiger partial charge on any atom is -0.342 e. The third kappa shape index (κ3) is 3.49. The van der Waals surface area contributed by atoms with E-state index in [1.165, 1.54) is 22.4 Å². The highest BCUT2D eigenvalue weighted by molar-refractivity contribution is 5.98. The fourth-order valence-electron chi connectivity index (χ4n) is 4.14. The van der Waals surface area contributed by atoms with E-state index in [4.69, 9.17) is 0 Å². The van der Waals surface area contributed by atoms with Gasteiger partial charge < -0.3 is 4.57 Å². The molecule has 3 heteroatoms. The van der Waals surface area contributed by atoms with E-state index in [1.807, 2.05) is 30.5 Å². The molecule has 2 nitrogen and oxygen atoms in total. The molecule has 31 heavy (non-hydrogen) atoms. The first kappa shape index (κ1) is 18.8. The van der Waals surface area contributed by atoms with Gasteiger partial charge in [0.25, 0.3) is 0 Å². The fourth-order valence-corrected chi connectivity index (χ4v) is 4.14. The van der Waals surface area contributed by atoms with Crippen molar-refractivity contribution in [3.63, 3.8) is 0 Å². The molecule has 0 spiro atoms. The van der Waals surface area contributed by atoms with Crippen LogP contribution in [0.5, 0.6) is 0 Å². The van der Waals surface area contributed by atoms with Crippen molar-refractivity contribution in [2.45, 2.75) is 6.54 Å². The zero-order chi connectivity index (χ0) is 21.2. The van der Waals surface area contributed by atoms with Crippen molar-refractivity contribution in [3.8, 4) is 6.07 Å². The first-order chi connectivity index (χ1) is 15.2. The summed E-state index contributed by atoms with van der Waals surface area (Å²) in [6, 6.07) is 31.4. The number of halogens is 1. The van der Waals surface area contributed by atoms with E-state index in [1.54, 1.807) is 24.3 Å². The Morgan fingerprint density at radius 1 is 0.839 bits per heavy atom. The number of nitrogens with zero attached hydrogens (tertiary/aromatic N) is 2. The number of allylic oxidation sites excluding steroid dienone is 1. The van der Waals surface area contributed by atoms with Crippen LogP contribution < -0.4 is 0 Å². The highest BCUT2D eigenvalue weighted by Gasteiger charge is 2.12. The van der Waals surface area contributed by atoms with Crippen LogP contribution >= 0.6 is 0 Å². The van der Waals surface area contributed by atoms with Gasteiger partial charge in [0.1, 0.15) is 5.82 Å². The lowest BCUT2D eigenvalue weighted by atomic mass is 10.0. The van der Waals surface area contributed by atoms with Crippen LogP contribution in [-0.2, 0) is 6.54 Å². The summed E-state index contributed by atoms with van der Waals surface area (Å²) in [4.78, 5) is 0. The second-order valence-corrected chi connectivity index (χ2v) is 7.52. The molecular formula is C28H19FN2. The van der Waals surface area contributed by atoms with Crippen LogP contribution in [0.15, 0.2) is 97.2 Å². The predicted octanol–water partition coefficient (Wildman–Crippen LogP) is 7.05. The van der Waals surface area contributed by atoms with E-state index < -0.39 is 5.82 Å². The Labute approximate surface area is 180 Å². The molecule has 0 aliphatic carbocycles. The van der Waals surface area contributed by atoms with Gasteiger partial charge in [-0.2, -0.15) is 5.26 Å². The fraction of sp³-hybridized carbons (Fsp3) is 0.0357. The lowest BCUT2D eigenvalue weighted by Gasteiger charge is -2.09. The lowest BCUT2D eigenvalue weighted by Crippen LogP contribution is -1.98. The average Bonchev–Trinajstić information content (AvgIpc) is 3.15. The second-order valence-electron chi connectivity index (χ2n) is 7.52. The minimum atomic E-state index is -0.394. The molecule has 0 radical (unpaired) electrons. The summed E-state index contributed by atoms with van der Waals surface area (Å²) < 4.78 is 16.5. The highest BCUT2D eigenvalue weighted by Crippen LogP contribution is 2.28. The Morgan fingerprint density at radius 3 is 2.39 bits per heavy atom. The molecule has 0 N–H and O–H groups in total. The van der Waals surface area contributed by atoms with Crippen molar-refractivity contribution in [2.24, 2.45) is 0 Å². The number of para-hydroxylation sites is 1. The van der Waals surface area contributed by atoms with E-state index in [9.17, 15) is 9.65 Å². The van der Waals surface area contributed by atoms with Gasteiger partial charge in [0, 0.05) is 34.8 Å². The Hall–Kier alpha value is -4.16. The molecule has 4 aromatic carbocycles. The standard InChI is InChI=1S/C28H19FN2/c29-27-14-5-3-12-25(27)22(17-30)16-23-19-31(28-15-6-4-13-26(23)28)18-21-10-7-9-20-8-1-2-11-24(20)21/h1-16,19H,18H2. The number of hydrogen-bond acceptors (Lipinski definition) is 1. The topological polar surface area (TPSA) is 28.7 Å². The maximum Gasteiger partial charge on any atom is 0.131 e. The van der Waals surface area contributed by atoms with E-state index >= 15 is 0 Å². The smallest absolute Gasteiger partial charge is 0.131 e. The molecule has 0 bridgehead atoms.